The Morgan fingerprint density at radius 1 is 1.07 bits per heavy atom. The quantitative estimate of drug-likeness (QED) is 0.682. The number of piperidine rings is 1. The lowest BCUT2D eigenvalue weighted by Crippen LogP contribution is -2.40. The molecule has 0 spiro atoms. The van der Waals surface area contributed by atoms with Gasteiger partial charge in [-0.3, -0.25) is 4.79 Å². The fourth-order valence-electron chi connectivity index (χ4n) is 1.80. The first-order valence-electron chi connectivity index (χ1n) is 5.01. The first kappa shape index (κ1) is 10.1. The van der Waals surface area contributed by atoms with Gasteiger partial charge in [-0.1, -0.05) is 0 Å². The second-order valence-corrected chi connectivity index (χ2v) is 6.25. The van der Waals surface area contributed by atoms with Crippen LogP contribution in [0.3, 0.4) is 0 Å². The average Bonchev–Trinajstić information content (AvgIpc) is 3.01. The van der Waals surface area contributed by atoms with E-state index in [9.17, 15) is 13.2 Å². The maximum Gasteiger partial charge on any atom is 0.216 e. The SMILES string of the molecule is O=[C]C1CCN(S(=O)(=O)C2CC2)CC1. The highest BCUT2D eigenvalue weighted by Crippen LogP contribution is 2.32. The summed E-state index contributed by atoms with van der Waals surface area (Å²) in [6, 6.07) is 0. The molecule has 0 atom stereocenters. The van der Waals surface area contributed by atoms with E-state index in [1.165, 1.54) is 0 Å². The van der Waals surface area contributed by atoms with Crippen molar-refractivity contribution in [3.63, 3.8) is 0 Å². The van der Waals surface area contributed by atoms with Crippen LogP contribution in [0.25, 0.3) is 0 Å². The molecule has 0 aromatic rings. The van der Waals surface area contributed by atoms with Crippen LogP contribution in [0.5, 0.6) is 0 Å². The average molecular weight is 216 g/mol. The van der Waals surface area contributed by atoms with Crippen molar-refractivity contribution in [2.45, 2.75) is 30.9 Å². The van der Waals surface area contributed by atoms with E-state index in [1.807, 2.05) is 6.29 Å². The van der Waals surface area contributed by atoms with Crippen LogP contribution >= 0.6 is 0 Å². The van der Waals surface area contributed by atoms with Crippen molar-refractivity contribution < 1.29 is 13.2 Å². The largest absolute Gasteiger partial charge is 0.291 e. The summed E-state index contributed by atoms with van der Waals surface area (Å²) in [5.74, 6) is -0.0550. The van der Waals surface area contributed by atoms with Crippen molar-refractivity contribution in [2.24, 2.45) is 5.92 Å². The number of hydrogen-bond donors (Lipinski definition) is 0. The van der Waals surface area contributed by atoms with Crippen LogP contribution in [0.4, 0.5) is 0 Å². The molecule has 14 heavy (non-hydrogen) atoms. The Labute approximate surface area is 84.3 Å². The predicted octanol–water partition coefficient (Wildman–Crippen LogP) is 0.300. The molecule has 0 aromatic heterocycles. The molecule has 2 rings (SSSR count). The van der Waals surface area contributed by atoms with Gasteiger partial charge < -0.3 is 0 Å². The fraction of sp³-hybridized carbons (Fsp3) is 0.889. The molecular weight excluding hydrogens is 202 g/mol. The van der Waals surface area contributed by atoms with Crippen LogP contribution in [0.2, 0.25) is 0 Å². The van der Waals surface area contributed by atoms with Crippen molar-refractivity contribution in [2.75, 3.05) is 13.1 Å². The summed E-state index contributed by atoms with van der Waals surface area (Å²) in [6.07, 6.45) is 4.83. The van der Waals surface area contributed by atoms with Gasteiger partial charge in [0.1, 0.15) is 0 Å². The molecule has 0 unspecified atom stereocenters. The zero-order chi connectivity index (χ0) is 10.2. The fourth-order valence-corrected chi connectivity index (χ4v) is 3.68. The minimum atomic E-state index is -3.02. The summed E-state index contributed by atoms with van der Waals surface area (Å²) in [5.41, 5.74) is 0. The van der Waals surface area contributed by atoms with Gasteiger partial charge in [0.25, 0.3) is 0 Å². The van der Waals surface area contributed by atoms with Crippen LogP contribution in [0.15, 0.2) is 0 Å². The molecule has 0 N–H and O–H groups in total. The van der Waals surface area contributed by atoms with Crippen molar-refractivity contribution in [1.82, 2.24) is 4.31 Å². The van der Waals surface area contributed by atoms with Crippen LogP contribution in [-0.4, -0.2) is 37.3 Å². The summed E-state index contributed by atoms with van der Waals surface area (Å²) >= 11 is 0. The Kier molecular flexibility index (Phi) is 2.62. The Bertz CT molecular complexity index is 313. The van der Waals surface area contributed by atoms with E-state index in [1.54, 1.807) is 4.31 Å². The van der Waals surface area contributed by atoms with E-state index >= 15 is 0 Å². The van der Waals surface area contributed by atoms with Crippen molar-refractivity contribution >= 4 is 16.3 Å². The lowest BCUT2D eigenvalue weighted by atomic mass is 10.0. The lowest BCUT2D eigenvalue weighted by Gasteiger charge is -2.28. The topological polar surface area (TPSA) is 54.5 Å². The third-order valence-corrected chi connectivity index (χ3v) is 5.32. The summed E-state index contributed by atoms with van der Waals surface area (Å²) in [6.45, 7) is 0.998. The van der Waals surface area contributed by atoms with E-state index in [4.69, 9.17) is 0 Å². The standard InChI is InChI=1S/C9H14NO3S/c11-7-8-3-5-10(6-4-8)14(12,13)9-1-2-9/h8-9H,1-6H2. The maximum atomic E-state index is 11.8. The van der Waals surface area contributed by atoms with Gasteiger partial charge in [0, 0.05) is 19.0 Å². The molecule has 0 amide bonds. The van der Waals surface area contributed by atoms with Gasteiger partial charge in [-0.15, -0.1) is 0 Å². The minimum absolute atomic E-state index is 0.0550. The highest BCUT2D eigenvalue weighted by atomic mass is 32.2. The van der Waals surface area contributed by atoms with E-state index < -0.39 is 10.0 Å². The molecule has 2 aliphatic rings. The summed E-state index contributed by atoms with van der Waals surface area (Å²) in [4.78, 5) is 10.4. The predicted molar refractivity (Wildman–Crippen MR) is 51.9 cm³/mol. The number of hydrogen-bond acceptors (Lipinski definition) is 3. The highest BCUT2D eigenvalue weighted by Gasteiger charge is 2.41. The van der Waals surface area contributed by atoms with Crippen molar-refractivity contribution in [3.8, 4) is 0 Å². The molecule has 1 aliphatic heterocycles. The van der Waals surface area contributed by atoms with Crippen LogP contribution in [0, 0.1) is 5.92 Å². The molecule has 2 fully saturated rings. The van der Waals surface area contributed by atoms with Gasteiger partial charge in [-0.05, 0) is 25.7 Å². The monoisotopic (exact) mass is 216 g/mol. The molecule has 5 heteroatoms. The Hall–Kier alpha value is -0.420. The third kappa shape index (κ3) is 1.83. The first-order valence-corrected chi connectivity index (χ1v) is 6.51. The lowest BCUT2D eigenvalue weighted by molar-refractivity contribution is 0.309. The molecule has 1 aliphatic carbocycles. The van der Waals surface area contributed by atoms with Gasteiger partial charge in [-0.25, -0.2) is 12.7 Å². The van der Waals surface area contributed by atoms with Crippen LogP contribution in [-0.2, 0) is 14.8 Å². The number of carbonyl (C=O) groups excluding carboxylic acids is 1. The van der Waals surface area contributed by atoms with Gasteiger partial charge in [-0.2, -0.15) is 0 Å². The maximum absolute atomic E-state index is 11.8. The molecule has 1 heterocycles. The normalized spacial score (nSPS) is 26.3. The number of nitrogens with zero attached hydrogens (tertiary/aromatic N) is 1. The molecule has 0 aromatic carbocycles. The Morgan fingerprint density at radius 3 is 2.07 bits per heavy atom. The van der Waals surface area contributed by atoms with Crippen molar-refractivity contribution in [3.05, 3.63) is 0 Å². The minimum Gasteiger partial charge on any atom is -0.291 e. The zero-order valence-electron chi connectivity index (χ0n) is 7.98. The van der Waals surface area contributed by atoms with E-state index in [2.05, 4.69) is 0 Å². The van der Waals surface area contributed by atoms with E-state index in [0.29, 0.717) is 25.9 Å². The number of rotatable bonds is 3. The summed E-state index contributed by atoms with van der Waals surface area (Å²) < 4.78 is 25.1. The zero-order valence-corrected chi connectivity index (χ0v) is 8.79. The van der Waals surface area contributed by atoms with Crippen molar-refractivity contribution in [1.29, 1.82) is 0 Å². The molecule has 4 nitrogen and oxygen atoms in total. The van der Waals surface area contributed by atoms with Crippen LogP contribution < -0.4 is 0 Å². The first-order chi connectivity index (χ1) is 6.64. The Balaban J connectivity index is 1.97. The number of sulfonamides is 1. The summed E-state index contributed by atoms with van der Waals surface area (Å²) in [5, 5.41) is -0.126. The second kappa shape index (κ2) is 3.62. The molecule has 0 bridgehead atoms. The summed E-state index contributed by atoms with van der Waals surface area (Å²) in [7, 11) is -3.02. The second-order valence-electron chi connectivity index (χ2n) is 4.04. The van der Waals surface area contributed by atoms with Crippen LogP contribution in [0.1, 0.15) is 25.7 Å². The smallest absolute Gasteiger partial charge is 0.216 e. The van der Waals surface area contributed by atoms with Gasteiger partial charge in [0.05, 0.1) is 5.25 Å². The Morgan fingerprint density at radius 2 is 1.64 bits per heavy atom. The van der Waals surface area contributed by atoms with E-state index in [-0.39, 0.29) is 11.2 Å². The molecule has 1 saturated carbocycles. The van der Waals surface area contributed by atoms with Gasteiger partial charge >= 0.3 is 0 Å². The van der Waals surface area contributed by atoms with Gasteiger partial charge in [0.15, 0.2) is 0 Å². The molecular formula is C9H14NO3S. The molecule has 1 saturated heterocycles. The third-order valence-electron chi connectivity index (χ3n) is 2.93. The molecule has 1 radical (unpaired) electrons. The molecule has 79 valence electrons. The van der Waals surface area contributed by atoms with Gasteiger partial charge in [0.2, 0.25) is 16.3 Å². The highest BCUT2D eigenvalue weighted by molar-refractivity contribution is 7.90. The van der Waals surface area contributed by atoms with E-state index in [0.717, 1.165) is 12.8 Å².